The number of rotatable bonds is 4. The number of amides is 1. The molecular weight excluding hydrogens is 300 g/mol. The zero-order valence-corrected chi connectivity index (χ0v) is 13.7. The molecule has 1 amide bonds. The largest absolute Gasteiger partial charge is 0.459 e. The Bertz CT molecular complexity index is 682. The number of carbonyl (C=O) groups excluding carboxylic acids is 1. The second kappa shape index (κ2) is 6.31. The lowest BCUT2D eigenvalue weighted by Gasteiger charge is -2.19. The number of fused-ring (bicyclic) bond motifs is 1. The standard InChI is InChI=1S/C17H21ClN2O2/c1-3-17(21)20-7-6-14(10-20)19-11(2)16-9-12-8-13(18)4-5-15(12)22-16/h4-5,8-9,11,14,19H,3,6-7,10H2,1-2H3/t11-,14+/m0/s1. The van der Waals surface area contributed by atoms with Crippen molar-refractivity contribution >= 4 is 28.5 Å². The molecule has 0 unspecified atom stereocenters. The molecule has 5 heteroatoms. The predicted molar refractivity (Wildman–Crippen MR) is 88.1 cm³/mol. The van der Waals surface area contributed by atoms with E-state index in [1.807, 2.05) is 36.1 Å². The van der Waals surface area contributed by atoms with Crippen LogP contribution in [0.1, 0.15) is 38.5 Å². The fourth-order valence-corrected chi connectivity index (χ4v) is 3.21. The van der Waals surface area contributed by atoms with E-state index in [1.54, 1.807) is 0 Å². The number of likely N-dealkylation sites (tertiary alicyclic amines) is 1. The molecule has 3 rings (SSSR count). The SMILES string of the molecule is CCC(=O)N1CC[C@@H](N[C@@H](C)c2cc3cc(Cl)ccc3o2)C1. The molecule has 118 valence electrons. The molecule has 1 aromatic heterocycles. The maximum absolute atomic E-state index is 11.7. The van der Waals surface area contributed by atoms with Crippen LogP contribution in [0, 0.1) is 0 Å². The van der Waals surface area contributed by atoms with Crippen molar-refractivity contribution < 1.29 is 9.21 Å². The van der Waals surface area contributed by atoms with E-state index in [-0.39, 0.29) is 11.9 Å². The molecule has 22 heavy (non-hydrogen) atoms. The van der Waals surface area contributed by atoms with E-state index in [2.05, 4.69) is 12.2 Å². The minimum atomic E-state index is 0.104. The highest BCUT2D eigenvalue weighted by Gasteiger charge is 2.27. The fourth-order valence-electron chi connectivity index (χ4n) is 3.03. The summed E-state index contributed by atoms with van der Waals surface area (Å²) in [6, 6.07) is 8.09. The first-order chi connectivity index (χ1) is 10.6. The normalized spacial score (nSPS) is 19.8. The van der Waals surface area contributed by atoms with Gasteiger partial charge in [0.2, 0.25) is 5.91 Å². The number of carbonyl (C=O) groups is 1. The first-order valence-corrected chi connectivity index (χ1v) is 8.17. The number of nitrogens with zero attached hydrogens (tertiary/aromatic N) is 1. The molecule has 1 N–H and O–H groups in total. The van der Waals surface area contributed by atoms with Gasteiger partial charge in [-0.15, -0.1) is 0 Å². The van der Waals surface area contributed by atoms with Crippen molar-refractivity contribution in [3.8, 4) is 0 Å². The van der Waals surface area contributed by atoms with E-state index in [4.69, 9.17) is 16.0 Å². The summed E-state index contributed by atoms with van der Waals surface area (Å²) in [7, 11) is 0. The first-order valence-electron chi connectivity index (χ1n) is 7.79. The third-order valence-electron chi connectivity index (χ3n) is 4.25. The zero-order valence-electron chi connectivity index (χ0n) is 12.9. The van der Waals surface area contributed by atoms with E-state index < -0.39 is 0 Å². The molecule has 0 radical (unpaired) electrons. The van der Waals surface area contributed by atoms with Crippen LogP contribution >= 0.6 is 11.6 Å². The van der Waals surface area contributed by atoms with Crippen molar-refractivity contribution in [1.29, 1.82) is 0 Å². The highest BCUT2D eigenvalue weighted by molar-refractivity contribution is 6.31. The molecule has 1 saturated heterocycles. The molecule has 1 aliphatic heterocycles. The van der Waals surface area contributed by atoms with Crippen LogP contribution < -0.4 is 5.32 Å². The molecule has 2 heterocycles. The average Bonchev–Trinajstić information content (AvgIpc) is 3.12. The van der Waals surface area contributed by atoms with Crippen LogP contribution in [0.25, 0.3) is 11.0 Å². The summed E-state index contributed by atoms with van der Waals surface area (Å²) in [5, 5.41) is 5.29. The predicted octanol–water partition coefficient (Wildman–Crippen LogP) is 3.75. The number of benzene rings is 1. The van der Waals surface area contributed by atoms with Gasteiger partial charge in [0.25, 0.3) is 0 Å². The number of nitrogens with one attached hydrogen (secondary N) is 1. The number of hydrogen-bond acceptors (Lipinski definition) is 3. The van der Waals surface area contributed by atoms with Crippen molar-refractivity contribution in [2.45, 2.75) is 38.8 Å². The summed E-state index contributed by atoms with van der Waals surface area (Å²) in [6.45, 7) is 5.62. The Balaban J connectivity index is 1.66. The van der Waals surface area contributed by atoms with Crippen LogP contribution in [0.15, 0.2) is 28.7 Å². The lowest BCUT2D eigenvalue weighted by Crippen LogP contribution is -2.36. The molecular formula is C17H21ClN2O2. The van der Waals surface area contributed by atoms with Crippen molar-refractivity contribution in [3.05, 3.63) is 35.0 Å². The van der Waals surface area contributed by atoms with Crippen LogP contribution in [-0.4, -0.2) is 29.9 Å². The van der Waals surface area contributed by atoms with Gasteiger partial charge < -0.3 is 14.6 Å². The maximum atomic E-state index is 11.7. The van der Waals surface area contributed by atoms with E-state index in [9.17, 15) is 4.79 Å². The second-order valence-corrected chi connectivity index (χ2v) is 6.33. The highest BCUT2D eigenvalue weighted by atomic mass is 35.5. The minimum absolute atomic E-state index is 0.104. The smallest absolute Gasteiger partial charge is 0.222 e. The van der Waals surface area contributed by atoms with Crippen molar-refractivity contribution in [2.24, 2.45) is 0 Å². The molecule has 2 atom stereocenters. The molecule has 0 aliphatic carbocycles. The van der Waals surface area contributed by atoms with Gasteiger partial charge in [-0.05, 0) is 37.6 Å². The van der Waals surface area contributed by atoms with Gasteiger partial charge in [0.1, 0.15) is 11.3 Å². The minimum Gasteiger partial charge on any atom is -0.459 e. The Kier molecular flexibility index (Phi) is 4.41. The van der Waals surface area contributed by atoms with Crippen LogP contribution in [-0.2, 0) is 4.79 Å². The molecule has 0 bridgehead atoms. The van der Waals surface area contributed by atoms with Crippen molar-refractivity contribution in [1.82, 2.24) is 10.2 Å². The Morgan fingerprint density at radius 3 is 3.09 bits per heavy atom. The fraction of sp³-hybridized carbons (Fsp3) is 0.471. The average molecular weight is 321 g/mol. The summed E-state index contributed by atoms with van der Waals surface area (Å²) in [4.78, 5) is 13.7. The Morgan fingerprint density at radius 1 is 1.50 bits per heavy atom. The van der Waals surface area contributed by atoms with Gasteiger partial charge in [-0.1, -0.05) is 18.5 Å². The van der Waals surface area contributed by atoms with Gasteiger partial charge in [0.05, 0.1) is 6.04 Å². The van der Waals surface area contributed by atoms with Gasteiger partial charge in [-0.25, -0.2) is 0 Å². The molecule has 1 fully saturated rings. The molecule has 2 aromatic rings. The lowest BCUT2D eigenvalue weighted by atomic mass is 10.2. The summed E-state index contributed by atoms with van der Waals surface area (Å²) in [5.41, 5.74) is 0.849. The molecule has 4 nitrogen and oxygen atoms in total. The summed E-state index contributed by atoms with van der Waals surface area (Å²) in [5.74, 6) is 1.13. The topological polar surface area (TPSA) is 45.5 Å². The van der Waals surface area contributed by atoms with Gasteiger partial charge in [0.15, 0.2) is 0 Å². The third kappa shape index (κ3) is 3.13. The van der Waals surface area contributed by atoms with E-state index in [0.717, 1.165) is 36.2 Å². The van der Waals surface area contributed by atoms with Gasteiger partial charge in [0, 0.05) is 36.0 Å². The van der Waals surface area contributed by atoms with Gasteiger partial charge >= 0.3 is 0 Å². The van der Waals surface area contributed by atoms with Gasteiger partial charge in [-0.3, -0.25) is 4.79 Å². The quantitative estimate of drug-likeness (QED) is 0.933. The number of furan rings is 1. The maximum Gasteiger partial charge on any atom is 0.222 e. The van der Waals surface area contributed by atoms with E-state index in [1.165, 1.54) is 0 Å². The Labute approximate surface area is 135 Å². The molecule has 1 aromatic carbocycles. The van der Waals surface area contributed by atoms with Crippen molar-refractivity contribution in [3.63, 3.8) is 0 Å². The van der Waals surface area contributed by atoms with Crippen LogP contribution in [0.4, 0.5) is 0 Å². The number of hydrogen-bond donors (Lipinski definition) is 1. The molecule has 0 spiro atoms. The Hall–Kier alpha value is -1.52. The highest BCUT2D eigenvalue weighted by Crippen LogP contribution is 2.27. The molecule has 0 saturated carbocycles. The van der Waals surface area contributed by atoms with E-state index in [0.29, 0.717) is 17.5 Å². The number of halogens is 1. The van der Waals surface area contributed by atoms with Crippen LogP contribution in [0.3, 0.4) is 0 Å². The van der Waals surface area contributed by atoms with Crippen molar-refractivity contribution in [2.75, 3.05) is 13.1 Å². The Morgan fingerprint density at radius 2 is 2.32 bits per heavy atom. The van der Waals surface area contributed by atoms with Gasteiger partial charge in [-0.2, -0.15) is 0 Å². The summed E-state index contributed by atoms with van der Waals surface area (Å²) in [6.07, 6.45) is 1.56. The lowest BCUT2D eigenvalue weighted by molar-refractivity contribution is -0.129. The first kappa shape index (κ1) is 15.4. The summed E-state index contributed by atoms with van der Waals surface area (Å²) >= 11 is 6.01. The van der Waals surface area contributed by atoms with Crippen LogP contribution in [0.2, 0.25) is 5.02 Å². The molecule has 1 aliphatic rings. The van der Waals surface area contributed by atoms with E-state index >= 15 is 0 Å². The third-order valence-corrected chi connectivity index (χ3v) is 4.49. The van der Waals surface area contributed by atoms with Crippen LogP contribution in [0.5, 0.6) is 0 Å². The monoisotopic (exact) mass is 320 g/mol. The zero-order chi connectivity index (χ0) is 15.7. The summed E-state index contributed by atoms with van der Waals surface area (Å²) < 4.78 is 5.89. The second-order valence-electron chi connectivity index (χ2n) is 5.90.